The summed E-state index contributed by atoms with van der Waals surface area (Å²) in [5.41, 5.74) is 0.716. The van der Waals surface area contributed by atoms with Gasteiger partial charge in [-0.3, -0.25) is 9.59 Å². The summed E-state index contributed by atoms with van der Waals surface area (Å²) in [6.07, 6.45) is -0.0879. The molecule has 7 heteroatoms. The normalized spacial score (nSPS) is 13.6. The fourth-order valence-electron chi connectivity index (χ4n) is 2.20. The van der Waals surface area contributed by atoms with Crippen LogP contribution in [0.15, 0.2) is 12.1 Å². The van der Waals surface area contributed by atoms with Crippen LogP contribution in [0.4, 0.5) is 0 Å². The van der Waals surface area contributed by atoms with Gasteiger partial charge in [0.05, 0.1) is 26.6 Å². The maximum absolute atomic E-state index is 11.7. The van der Waals surface area contributed by atoms with E-state index >= 15 is 0 Å². The summed E-state index contributed by atoms with van der Waals surface area (Å²) in [7, 11) is 2.73. The highest BCUT2D eigenvalue weighted by molar-refractivity contribution is 5.79. The summed E-state index contributed by atoms with van der Waals surface area (Å²) in [6, 6.07) is 3.41. The molecule has 0 bridgehead atoms. The van der Waals surface area contributed by atoms with Gasteiger partial charge in [-0.1, -0.05) is 0 Å². The quantitative estimate of drug-likeness (QED) is 0.789. The molecule has 0 fully saturated rings. The minimum atomic E-state index is -1.06. The van der Waals surface area contributed by atoms with Gasteiger partial charge in [-0.25, -0.2) is 0 Å². The maximum atomic E-state index is 11.7. The average molecular weight is 296 g/mol. The molecule has 21 heavy (non-hydrogen) atoms. The Morgan fingerprint density at radius 3 is 2.71 bits per heavy atom. The van der Waals surface area contributed by atoms with Crippen LogP contribution in [0.3, 0.4) is 0 Å². The first kappa shape index (κ1) is 15.0. The average Bonchev–Trinajstić information content (AvgIpc) is 2.92. The minimum Gasteiger partial charge on any atom is -0.493 e. The lowest BCUT2D eigenvalue weighted by Crippen LogP contribution is -2.22. The van der Waals surface area contributed by atoms with Crippen molar-refractivity contribution in [3.05, 3.63) is 17.7 Å². The van der Waals surface area contributed by atoms with Gasteiger partial charge in [0, 0.05) is 0 Å². The highest BCUT2D eigenvalue weighted by atomic mass is 16.7. The molecule has 1 unspecified atom stereocenters. The van der Waals surface area contributed by atoms with Gasteiger partial charge in [-0.15, -0.1) is 0 Å². The molecule has 0 saturated heterocycles. The second kappa shape index (κ2) is 6.34. The van der Waals surface area contributed by atoms with E-state index in [-0.39, 0.29) is 19.6 Å². The van der Waals surface area contributed by atoms with E-state index < -0.39 is 17.9 Å². The van der Waals surface area contributed by atoms with Gasteiger partial charge in [0.15, 0.2) is 11.5 Å². The van der Waals surface area contributed by atoms with E-state index in [9.17, 15) is 9.59 Å². The molecule has 0 radical (unpaired) electrons. The van der Waals surface area contributed by atoms with Gasteiger partial charge in [-0.05, 0) is 24.1 Å². The van der Waals surface area contributed by atoms with Crippen molar-refractivity contribution in [2.45, 2.75) is 12.8 Å². The standard InChI is InChI=1S/C14H16O7/c1-18-10-4-8(5-11-13(10)21-7-20-11)3-9(6-12(15)16)14(17)19-2/h4-5,9H,3,6-7H2,1-2H3,(H,15,16). The number of fused-ring (bicyclic) bond motifs is 1. The summed E-state index contributed by atoms with van der Waals surface area (Å²) < 4.78 is 20.4. The number of benzene rings is 1. The second-order valence-corrected chi connectivity index (χ2v) is 4.55. The topological polar surface area (TPSA) is 91.3 Å². The zero-order valence-electron chi connectivity index (χ0n) is 11.8. The lowest BCUT2D eigenvalue weighted by Gasteiger charge is -2.14. The van der Waals surface area contributed by atoms with Crippen molar-refractivity contribution in [1.29, 1.82) is 0 Å². The number of carboxylic acid groups (broad SMARTS) is 1. The van der Waals surface area contributed by atoms with Crippen LogP contribution in [0.25, 0.3) is 0 Å². The van der Waals surface area contributed by atoms with E-state index in [0.717, 1.165) is 0 Å². The van der Waals surface area contributed by atoms with Crippen LogP contribution in [0.5, 0.6) is 17.2 Å². The molecule has 7 nitrogen and oxygen atoms in total. The highest BCUT2D eigenvalue weighted by Crippen LogP contribution is 2.42. The maximum Gasteiger partial charge on any atom is 0.309 e. The molecule has 0 saturated carbocycles. The number of carbonyl (C=O) groups excluding carboxylic acids is 1. The summed E-state index contributed by atoms with van der Waals surface area (Å²) in [6.45, 7) is 0.102. The molecule has 1 aromatic rings. The molecule has 1 atom stereocenters. The number of ether oxygens (including phenoxy) is 4. The van der Waals surface area contributed by atoms with Crippen molar-refractivity contribution < 1.29 is 33.6 Å². The van der Waals surface area contributed by atoms with Crippen LogP contribution < -0.4 is 14.2 Å². The number of carbonyl (C=O) groups is 2. The Labute approximate surface area is 121 Å². The molecular weight excluding hydrogens is 280 g/mol. The molecular formula is C14H16O7. The summed E-state index contributed by atoms with van der Waals surface area (Å²) in [4.78, 5) is 22.5. The predicted octanol–water partition coefficient (Wildman–Crippen LogP) is 1.23. The Kier molecular flexibility index (Phi) is 4.52. The van der Waals surface area contributed by atoms with Crippen molar-refractivity contribution in [3.8, 4) is 17.2 Å². The highest BCUT2D eigenvalue weighted by Gasteiger charge is 2.26. The van der Waals surface area contributed by atoms with Crippen LogP contribution >= 0.6 is 0 Å². The monoisotopic (exact) mass is 296 g/mol. The van der Waals surface area contributed by atoms with E-state index in [1.54, 1.807) is 12.1 Å². The molecule has 2 rings (SSSR count). The molecule has 0 aliphatic carbocycles. The Morgan fingerprint density at radius 1 is 1.33 bits per heavy atom. The van der Waals surface area contributed by atoms with Crippen LogP contribution in [-0.2, 0) is 20.7 Å². The van der Waals surface area contributed by atoms with Gasteiger partial charge >= 0.3 is 11.9 Å². The van der Waals surface area contributed by atoms with E-state index in [1.165, 1.54) is 14.2 Å². The van der Waals surface area contributed by atoms with Crippen LogP contribution in [0.1, 0.15) is 12.0 Å². The molecule has 1 aliphatic rings. The third-order valence-corrected chi connectivity index (χ3v) is 3.16. The summed E-state index contributed by atoms with van der Waals surface area (Å²) in [5, 5.41) is 8.88. The number of esters is 1. The lowest BCUT2D eigenvalue weighted by molar-refractivity contribution is -0.150. The fourth-order valence-corrected chi connectivity index (χ4v) is 2.20. The third kappa shape index (κ3) is 3.36. The molecule has 114 valence electrons. The fraction of sp³-hybridized carbons (Fsp3) is 0.429. The SMILES string of the molecule is COC(=O)C(CC(=O)O)Cc1cc(OC)c2c(c1)OCO2. The van der Waals surface area contributed by atoms with Crippen LogP contribution in [0, 0.1) is 5.92 Å². The van der Waals surface area contributed by atoms with Crippen molar-refractivity contribution >= 4 is 11.9 Å². The number of hydrogen-bond acceptors (Lipinski definition) is 6. The number of hydrogen-bond donors (Lipinski definition) is 1. The first-order valence-electron chi connectivity index (χ1n) is 6.31. The largest absolute Gasteiger partial charge is 0.493 e. The number of carboxylic acids is 1. The van der Waals surface area contributed by atoms with E-state index in [1.807, 2.05) is 0 Å². The Hall–Kier alpha value is -2.44. The smallest absolute Gasteiger partial charge is 0.309 e. The lowest BCUT2D eigenvalue weighted by atomic mass is 9.96. The first-order valence-corrected chi connectivity index (χ1v) is 6.31. The summed E-state index contributed by atoms with van der Waals surface area (Å²) >= 11 is 0. The van der Waals surface area contributed by atoms with Gasteiger partial charge in [-0.2, -0.15) is 0 Å². The molecule has 1 aromatic carbocycles. The zero-order chi connectivity index (χ0) is 15.4. The summed E-state index contributed by atoms with van der Waals surface area (Å²) in [5.74, 6) is -0.874. The number of methoxy groups -OCH3 is 2. The molecule has 0 aromatic heterocycles. The molecule has 0 spiro atoms. The van der Waals surface area contributed by atoms with Gasteiger partial charge in [0.25, 0.3) is 0 Å². The van der Waals surface area contributed by atoms with Crippen LogP contribution in [0.2, 0.25) is 0 Å². The molecule has 1 N–H and O–H groups in total. The number of rotatable bonds is 6. The molecule has 0 amide bonds. The Morgan fingerprint density at radius 2 is 2.10 bits per heavy atom. The minimum absolute atomic E-state index is 0.102. The molecule has 1 aliphatic heterocycles. The van der Waals surface area contributed by atoms with Crippen molar-refractivity contribution in [1.82, 2.24) is 0 Å². The Balaban J connectivity index is 2.24. The first-order chi connectivity index (χ1) is 10.0. The predicted molar refractivity (Wildman–Crippen MR) is 70.6 cm³/mol. The van der Waals surface area contributed by atoms with Crippen molar-refractivity contribution in [2.75, 3.05) is 21.0 Å². The van der Waals surface area contributed by atoms with Gasteiger partial charge in [0.1, 0.15) is 0 Å². The van der Waals surface area contributed by atoms with Crippen molar-refractivity contribution in [2.24, 2.45) is 5.92 Å². The Bertz CT molecular complexity index is 552. The van der Waals surface area contributed by atoms with Gasteiger partial charge < -0.3 is 24.1 Å². The van der Waals surface area contributed by atoms with E-state index in [0.29, 0.717) is 22.8 Å². The number of aliphatic carboxylic acids is 1. The zero-order valence-corrected chi connectivity index (χ0v) is 11.8. The van der Waals surface area contributed by atoms with Crippen molar-refractivity contribution in [3.63, 3.8) is 0 Å². The van der Waals surface area contributed by atoms with E-state index in [2.05, 4.69) is 4.74 Å². The molecule has 1 heterocycles. The van der Waals surface area contributed by atoms with Gasteiger partial charge in [0.2, 0.25) is 12.5 Å². The second-order valence-electron chi connectivity index (χ2n) is 4.55. The third-order valence-electron chi connectivity index (χ3n) is 3.16. The van der Waals surface area contributed by atoms with Crippen LogP contribution in [-0.4, -0.2) is 38.1 Å². The van der Waals surface area contributed by atoms with E-state index in [4.69, 9.17) is 19.3 Å².